The molecule has 136 valence electrons. The predicted octanol–water partition coefficient (Wildman–Crippen LogP) is 3.43. The summed E-state index contributed by atoms with van der Waals surface area (Å²) >= 11 is 0. The Labute approximate surface area is 167 Å². The van der Waals surface area contributed by atoms with Crippen LogP contribution in [-0.4, -0.2) is 33.5 Å². The number of likely N-dealkylation sites (tertiary alicyclic amines) is 1. The molecule has 6 heteroatoms. The number of benzene rings is 1. The molecule has 1 saturated heterocycles. The van der Waals surface area contributed by atoms with Crippen LogP contribution in [0.3, 0.4) is 0 Å². The third-order valence-corrected chi connectivity index (χ3v) is 4.57. The molecule has 0 saturated carbocycles. The molecule has 2 aromatic rings. The molecule has 0 radical (unpaired) electrons. The van der Waals surface area contributed by atoms with Crippen molar-refractivity contribution in [2.24, 2.45) is 10.7 Å². The van der Waals surface area contributed by atoms with Crippen molar-refractivity contribution in [3.05, 3.63) is 54.1 Å². The average Bonchev–Trinajstić information content (AvgIpc) is 3.09. The average molecular weight is 453 g/mol. The van der Waals surface area contributed by atoms with E-state index in [4.69, 9.17) is 5.73 Å². The van der Waals surface area contributed by atoms with E-state index in [1.807, 2.05) is 12.4 Å². The zero-order chi connectivity index (χ0) is 16.6. The van der Waals surface area contributed by atoms with E-state index >= 15 is 0 Å². The molecule has 0 atom stereocenters. The lowest BCUT2D eigenvalue weighted by atomic mass is 10.1. The second kappa shape index (κ2) is 10.4. The molecular formula is C19H28IN5. The van der Waals surface area contributed by atoms with E-state index in [0.29, 0.717) is 12.5 Å². The van der Waals surface area contributed by atoms with E-state index in [0.717, 1.165) is 38.3 Å². The highest BCUT2D eigenvalue weighted by atomic mass is 127. The summed E-state index contributed by atoms with van der Waals surface area (Å²) in [6, 6.07) is 10.6. The number of rotatable bonds is 6. The maximum absolute atomic E-state index is 6.13. The number of aromatic nitrogens is 2. The van der Waals surface area contributed by atoms with Crippen LogP contribution in [0.25, 0.3) is 0 Å². The number of aliphatic imine (C=N–C) groups is 1. The van der Waals surface area contributed by atoms with E-state index in [1.165, 1.54) is 24.8 Å². The zero-order valence-corrected chi connectivity index (χ0v) is 17.0. The second-order valence-corrected chi connectivity index (χ2v) is 6.35. The van der Waals surface area contributed by atoms with Crippen LogP contribution in [0.15, 0.2) is 47.7 Å². The molecule has 5 nitrogen and oxygen atoms in total. The maximum atomic E-state index is 6.13. The van der Waals surface area contributed by atoms with E-state index < -0.39 is 0 Å². The summed E-state index contributed by atoms with van der Waals surface area (Å²) in [4.78, 5) is 11.2. The van der Waals surface area contributed by atoms with Gasteiger partial charge in [-0.25, -0.2) is 9.98 Å². The Morgan fingerprint density at radius 2 is 1.88 bits per heavy atom. The first-order chi connectivity index (χ1) is 11.8. The van der Waals surface area contributed by atoms with Crippen molar-refractivity contribution in [2.45, 2.75) is 45.2 Å². The molecule has 0 unspecified atom stereocenters. The van der Waals surface area contributed by atoms with Crippen LogP contribution in [-0.2, 0) is 19.5 Å². The number of aryl methyl sites for hydroxylation is 2. The van der Waals surface area contributed by atoms with Gasteiger partial charge in [-0.05, 0) is 37.7 Å². The van der Waals surface area contributed by atoms with E-state index in [2.05, 4.69) is 49.8 Å². The fraction of sp³-hybridized carbons (Fsp3) is 0.474. The molecule has 3 rings (SSSR count). The summed E-state index contributed by atoms with van der Waals surface area (Å²) < 4.78 is 2.19. The monoisotopic (exact) mass is 453 g/mol. The third kappa shape index (κ3) is 6.02. The molecule has 1 aliphatic heterocycles. The van der Waals surface area contributed by atoms with E-state index in [1.54, 1.807) is 0 Å². The fourth-order valence-corrected chi connectivity index (χ4v) is 3.17. The van der Waals surface area contributed by atoms with Crippen molar-refractivity contribution in [3.8, 4) is 0 Å². The van der Waals surface area contributed by atoms with Gasteiger partial charge in [0.1, 0.15) is 12.4 Å². The van der Waals surface area contributed by atoms with Crippen LogP contribution in [0.4, 0.5) is 0 Å². The van der Waals surface area contributed by atoms with Crippen LogP contribution in [0.1, 0.15) is 37.1 Å². The van der Waals surface area contributed by atoms with Crippen LogP contribution >= 0.6 is 24.0 Å². The molecule has 1 aliphatic rings. The highest BCUT2D eigenvalue weighted by Gasteiger charge is 2.12. The minimum Gasteiger partial charge on any atom is -0.370 e. The number of imidazole rings is 1. The van der Waals surface area contributed by atoms with Crippen molar-refractivity contribution >= 4 is 29.9 Å². The van der Waals surface area contributed by atoms with Crippen LogP contribution in [0, 0.1) is 0 Å². The lowest BCUT2D eigenvalue weighted by Crippen LogP contribution is -2.40. The fourth-order valence-electron chi connectivity index (χ4n) is 3.17. The van der Waals surface area contributed by atoms with Crippen LogP contribution < -0.4 is 5.73 Å². The number of hydrogen-bond donors (Lipinski definition) is 1. The molecule has 25 heavy (non-hydrogen) atoms. The topological polar surface area (TPSA) is 59.4 Å². The van der Waals surface area contributed by atoms with E-state index in [-0.39, 0.29) is 24.0 Å². The van der Waals surface area contributed by atoms with Gasteiger partial charge in [-0.3, -0.25) is 0 Å². The summed E-state index contributed by atoms with van der Waals surface area (Å²) in [6.45, 7) is 3.58. The second-order valence-electron chi connectivity index (χ2n) is 6.35. The van der Waals surface area contributed by atoms with Gasteiger partial charge in [0.25, 0.3) is 0 Å². The molecule has 0 amide bonds. The number of halogens is 1. The standard InChI is InChI=1S/C19H27N5.HI/c20-19(24-12-5-2-6-13-24)22-16-18-21-11-15-23(18)14-7-10-17-8-3-1-4-9-17;/h1,3-4,8-9,11,15H,2,5-7,10,12-14,16H2,(H2,20,22);1H. The first-order valence-corrected chi connectivity index (χ1v) is 8.92. The lowest BCUT2D eigenvalue weighted by molar-refractivity contribution is 0.338. The molecule has 1 aromatic heterocycles. The van der Waals surface area contributed by atoms with Crippen molar-refractivity contribution in [1.82, 2.24) is 14.5 Å². The molecule has 2 heterocycles. The minimum absolute atomic E-state index is 0. The summed E-state index contributed by atoms with van der Waals surface area (Å²) in [7, 11) is 0. The Kier molecular flexibility index (Phi) is 8.24. The quantitative estimate of drug-likeness (QED) is 0.414. The minimum atomic E-state index is 0. The van der Waals surface area contributed by atoms with E-state index in [9.17, 15) is 0 Å². The third-order valence-electron chi connectivity index (χ3n) is 4.57. The Balaban J connectivity index is 0.00000225. The largest absolute Gasteiger partial charge is 0.370 e. The first-order valence-electron chi connectivity index (χ1n) is 8.92. The van der Waals surface area contributed by atoms with Gasteiger partial charge >= 0.3 is 0 Å². The molecule has 1 fully saturated rings. The zero-order valence-electron chi connectivity index (χ0n) is 14.7. The van der Waals surface area contributed by atoms with Crippen molar-refractivity contribution < 1.29 is 0 Å². The van der Waals surface area contributed by atoms with Gasteiger partial charge in [-0.15, -0.1) is 24.0 Å². The van der Waals surface area contributed by atoms with Crippen LogP contribution in [0.2, 0.25) is 0 Å². The molecule has 0 aliphatic carbocycles. The Morgan fingerprint density at radius 1 is 1.12 bits per heavy atom. The molecule has 1 aromatic carbocycles. The van der Waals surface area contributed by atoms with Gasteiger partial charge in [0, 0.05) is 32.0 Å². The van der Waals surface area contributed by atoms with Gasteiger partial charge in [0.05, 0.1) is 0 Å². The van der Waals surface area contributed by atoms with Gasteiger partial charge < -0.3 is 15.2 Å². The molecule has 2 N–H and O–H groups in total. The first kappa shape index (κ1) is 19.8. The predicted molar refractivity (Wildman–Crippen MR) is 113 cm³/mol. The van der Waals surface area contributed by atoms with Crippen LogP contribution in [0.5, 0.6) is 0 Å². The highest BCUT2D eigenvalue weighted by Crippen LogP contribution is 2.09. The van der Waals surface area contributed by atoms with Crippen molar-refractivity contribution in [2.75, 3.05) is 13.1 Å². The Hall–Kier alpha value is -1.57. The van der Waals surface area contributed by atoms with Crippen molar-refractivity contribution in [1.29, 1.82) is 0 Å². The van der Waals surface area contributed by atoms with Gasteiger partial charge in [0.2, 0.25) is 0 Å². The van der Waals surface area contributed by atoms with Crippen molar-refractivity contribution in [3.63, 3.8) is 0 Å². The summed E-state index contributed by atoms with van der Waals surface area (Å²) in [5.74, 6) is 1.65. The number of guanidine groups is 1. The number of nitrogens with zero attached hydrogens (tertiary/aromatic N) is 4. The summed E-state index contributed by atoms with van der Waals surface area (Å²) in [5, 5.41) is 0. The Bertz CT molecular complexity index is 647. The van der Waals surface area contributed by atoms with Gasteiger partial charge in [0.15, 0.2) is 5.96 Å². The number of piperidine rings is 1. The summed E-state index contributed by atoms with van der Waals surface area (Å²) in [6.07, 6.45) is 9.79. The van der Waals surface area contributed by atoms with Gasteiger partial charge in [-0.1, -0.05) is 30.3 Å². The maximum Gasteiger partial charge on any atom is 0.191 e. The highest BCUT2D eigenvalue weighted by molar-refractivity contribution is 14.0. The SMILES string of the molecule is I.NC(=NCc1nccn1CCCc1ccccc1)N1CCCCC1. The normalized spacial score (nSPS) is 15.0. The lowest BCUT2D eigenvalue weighted by Gasteiger charge is -2.27. The Morgan fingerprint density at radius 3 is 2.64 bits per heavy atom. The van der Waals surface area contributed by atoms with Gasteiger partial charge in [-0.2, -0.15) is 0 Å². The number of hydrogen-bond acceptors (Lipinski definition) is 2. The molecular weight excluding hydrogens is 425 g/mol. The smallest absolute Gasteiger partial charge is 0.191 e. The molecule has 0 spiro atoms. The number of nitrogens with two attached hydrogens (primary N) is 1. The summed E-state index contributed by atoms with van der Waals surface area (Å²) in [5.41, 5.74) is 7.51. The molecule has 0 bridgehead atoms.